The second-order valence-electron chi connectivity index (χ2n) is 4.30. The highest BCUT2D eigenvalue weighted by molar-refractivity contribution is 9.10. The molecule has 152 valence electrons. The molecule has 11 nitrogen and oxygen atoms in total. The van der Waals surface area contributed by atoms with E-state index in [0.29, 0.717) is 22.6 Å². The maximum Gasteiger partial charge on any atom is 0.312 e. The lowest BCUT2D eigenvalue weighted by molar-refractivity contribution is -0.742. The van der Waals surface area contributed by atoms with Gasteiger partial charge in [0.05, 0.1) is 16.1 Å². The number of carbonyl (C=O) groups excluding carboxylic acids is 2. The van der Waals surface area contributed by atoms with Gasteiger partial charge in [-0.05, 0) is 24.3 Å². The van der Waals surface area contributed by atoms with Gasteiger partial charge in [0.1, 0.15) is 5.75 Å². The number of hydrogen-bond donors (Lipinski definition) is 3. The highest BCUT2D eigenvalue weighted by Gasteiger charge is 2.17. The van der Waals surface area contributed by atoms with Gasteiger partial charge in [-0.15, -0.1) is 10.1 Å². The molecule has 0 radical (unpaired) electrons. The van der Waals surface area contributed by atoms with Gasteiger partial charge in [-0.3, -0.25) is 19.7 Å². The molecule has 0 unspecified atom stereocenters. The van der Waals surface area contributed by atoms with Crippen LogP contribution >= 0.6 is 31.9 Å². The summed E-state index contributed by atoms with van der Waals surface area (Å²) in [6.45, 7) is 0. The number of rotatable bonds is 3. The van der Waals surface area contributed by atoms with Crippen molar-refractivity contribution in [3.8, 4) is 11.5 Å². The Kier molecular flexibility index (Phi) is 12.8. The monoisotopic (exact) mass is 524 g/mol. The van der Waals surface area contributed by atoms with Crippen LogP contribution in [0.1, 0.15) is 28.1 Å². The van der Waals surface area contributed by atoms with E-state index >= 15 is 0 Å². The molecule has 2 aromatic carbocycles. The van der Waals surface area contributed by atoms with E-state index in [-0.39, 0.29) is 18.7 Å². The first-order valence-corrected chi connectivity index (χ1v) is 8.01. The average molecular weight is 526 g/mol. The van der Waals surface area contributed by atoms with Crippen LogP contribution in [0.2, 0.25) is 0 Å². The summed E-state index contributed by atoms with van der Waals surface area (Å²) in [5.74, 6) is -0.596. The number of phenols is 2. The lowest BCUT2D eigenvalue weighted by Gasteiger charge is -1.99. The summed E-state index contributed by atoms with van der Waals surface area (Å²) in [5, 5.41) is 42.2. The van der Waals surface area contributed by atoms with E-state index in [1.54, 1.807) is 12.1 Å². The summed E-state index contributed by atoms with van der Waals surface area (Å²) in [6.07, 6.45) is 0.965. The Morgan fingerprint density at radius 2 is 1.36 bits per heavy atom. The quantitative estimate of drug-likeness (QED) is 0.301. The lowest BCUT2D eigenvalue weighted by Crippen LogP contribution is -1.92. The van der Waals surface area contributed by atoms with E-state index in [9.17, 15) is 24.8 Å². The van der Waals surface area contributed by atoms with Crippen molar-refractivity contribution >= 4 is 50.1 Å². The third kappa shape index (κ3) is 9.59. The molecule has 28 heavy (non-hydrogen) atoms. The van der Waals surface area contributed by atoms with Crippen LogP contribution in [0, 0.1) is 20.2 Å². The Bertz CT molecular complexity index is 856. The predicted octanol–water partition coefficient (Wildman–Crippen LogP) is 4.13. The standard InChI is InChI=1S/C7H4BrNO4.C7H5BrO2.CH4.HNO3/c8-5-1-4(3-10)7(11)6(2-5)9(12)13;8-6-1-2-7(10)5(3-6)4-9;;2-1(3)4/h1-3,11H;1-4,10H;1H4;(H,2,3,4). The molecule has 0 amide bonds. The number of nitrogens with zero attached hydrogens (tertiary/aromatic N) is 2. The zero-order valence-electron chi connectivity index (χ0n) is 13.0. The summed E-state index contributed by atoms with van der Waals surface area (Å²) in [4.78, 5) is 38.5. The van der Waals surface area contributed by atoms with Gasteiger partial charge in [0.2, 0.25) is 5.75 Å². The Morgan fingerprint density at radius 1 is 0.893 bits per heavy atom. The summed E-state index contributed by atoms with van der Waals surface area (Å²) in [5.41, 5.74) is -0.299. The second-order valence-corrected chi connectivity index (χ2v) is 6.13. The van der Waals surface area contributed by atoms with Crippen molar-refractivity contribution in [1.29, 1.82) is 0 Å². The Morgan fingerprint density at radius 3 is 1.75 bits per heavy atom. The molecule has 0 aliphatic carbocycles. The first-order chi connectivity index (χ1) is 12.5. The number of carbonyl (C=O) groups is 2. The van der Waals surface area contributed by atoms with E-state index in [4.69, 9.17) is 20.4 Å². The number of halogens is 2. The molecule has 3 N–H and O–H groups in total. The van der Waals surface area contributed by atoms with Gasteiger partial charge in [-0.2, -0.15) is 0 Å². The highest BCUT2D eigenvalue weighted by Crippen LogP contribution is 2.32. The van der Waals surface area contributed by atoms with Crippen LogP contribution in [0.25, 0.3) is 0 Å². The largest absolute Gasteiger partial charge is 0.507 e. The molecule has 0 heterocycles. The molecule has 13 heteroatoms. The molecule has 0 bridgehead atoms. The van der Waals surface area contributed by atoms with E-state index in [2.05, 4.69) is 31.9 Å². The fraction of sp³-hybridized carbons (Fsp3) is 0.0667. The summed E-state index contributed by atoms with van der Waals surface area (Å²) >= 11 is 6.15. The first-order valence-electron chi connectivity index (χ1n) is 6.42. The Hall–Kier alpha value is -3.06. The van der Waals surface area contributed by atoms with Crippen molar-refractivity contribution in [2.75, 3.05) is 0 Å². The molecule has 0 aliphatic rings. The third-order valence-electron chi connectivity index (χ3n) is 2.52. The number of aldehydes is 2. The van der Waals surface area contributed by atoms with Crippen molar-refractivity contribution in [1.82, 2.24) is 0 Å². The van der Waals surface area contributed by atoms with Gasteiger partial charge < -0.3 is 15.4 Å². The number of aromatic hydroxyl groups is 2. The SMILES string of the molecule is C.O=Cc1cc(Br)cc([N+](=O)[O-])c1O.O=Cc1cc(Br)ccc1O.O=[N+]([O-])O. The van der Waals surface area contributed by atoms with E-state index in [0.717, 1.165) is 10.5 Å². The molecule has 0 atom stereocenters. The molecule has 0 fully saturated rings. The van der Waals surface area contributed by atoms with Crippen molar-refractivity contribution in [2.45, 2.75) is 7.43 Å². The fourth-order valence-electron chi connectivity index (χ4n) is 1.45. The van der Waals surface area contributed by atoms with E-state index < -0.39 is 21.4 Å². The van der Waals surface area contributed by atoms with Crippen LogP contribution in [0.5, 0.6) is 11.5 Å². The van der Waals surface area contributed by atoms with Crippen LogP contribution < -0.4 is 0 Å². The molecule has 2 rings (SSSR count). The van der Waals surface area contributed by atoms with Crippen LogP contribution in [-0.4, -0.2) is 38.0 Å². The van der Waals surface area contributed by atoms with Gasteiger partial charge in [0.15, 0.2) is 12.6 Å². The normalized spacial score (nSPS) is 8.64. The Labute approximate surface area is 174 Å². The van der Waals surface area contributed by atoms with Gasteiger partial charge in [0.25, 0.3) is 5.09 Å². The molecule has 0 aromatic heterocycles. The van der Waals surface area contributed by atoms with Crippen LogP contribution in [0.3, 0.4) is 0 Å². The number of nitro benzene ring substituents is 1. The predicted molar refractivity (Wildman–Crippen MR) is 105 cm³/mol. The average Bonchev–Trinajstić information content (AvgIpc) is 2.58. The summed E-state index contributed by atoms with van der Waals surface area (Å²) in [7, 11) is 0. The fourth-order valence-corrected chi connectivity index (χ4v) is 2.30. The molecule has 0 saturated heterocycles. The Balaban J connectivity index is 0. The highest BCUT2D eigenvalue weighted by atomic mass is 79.9. The smallest absolute Gasteiger partial charge is 0.312 e. The second kappa shape index (κ2) is 13.2. The number of benzene rings is 2. The molecular formula is C15H14Br2N2O9. The van der Waals surface area contributed by atoms with Crippen LogP contribution in [0.15, 0.2) is 39.3 Å². The van der Waals surface area contributed by atoms with Crippen molar-refractivity contribution < 1.29 is 35.0 Å². The number of phenolic OH excluding ortho intramolecular Hbond substituents is 2. The minimum absolute atomic E-state index is 0. The van der Waals surface area contributed by atoms with Gasteiger partial charge >= 0.3 is 5.69 Å². The number of nitro groups is 1. The minimum Gasteiger partial charge on any atom is -0.507 e. The van der Waals surface area contributed by atoms with Crippen LogP contribution in [0.4, 0.5) is 5.69 Å². The number of hydrogen-bond acceptors (Lipinski definition) is 8. The lowest BCUT2D eigenvalue weighted by atomic mass is 10.2. The first kappa shape index (κ1) is 27.2. The van der Waals surface area contributed by atoms with Gasteiger partial charge in [-0.25, -0.2) is 0 Å². The summed E-state index contributed by atoms with van der Waals surface area (Å²) < 4.78 is 1.16. The third-order valence-corrected chi connectivity index (χ3v) is 3.48. The zero-order valence-corrected chi connectivity index (χ0v) is 16.2. The van der Waals surface area contributed by atoms with Crippen molar-refractivity contribution in [3.63, 3.8) is 0 Å². The molecule has 0 aliphatic heterocycles. The van der Waals surface area contributed by atoms with Crippen molar-refractivity contribution in [3.05, 3.63) is 70.6 Å². The molecule has 2 aromatic rings. The molecule has 0 spiro atoms. The van der Waals surface area contributed by atoms with Gasteiger partial charge in [-0.1, -0.05) is 39.3 Å². The summed E-state index contributed by atoms with van der Waals surface area (Å²) in [6, 6.07) is 7.12. The minimum atomic E-state index is -1.50. The maximum absolute atomic E-state index is 10.4. The van der Waals surface area contributed by atoms with Crippen LogP contribution in [-0.2, 0) is 0 Å². The zero-order chi connectivity index (χ0) is 21.1. The topological polar surface area (TPSA) is 181 Å². The maximum atomic E-state index is 10.4. The van der Waals surface area contributed by atoms with E-state index in [1.807, 2.05) is 0 Å². The van der Waals surface area contributed by atoms with Gasteiger partial charge in [0, 0.05) is 15.0 Å². The molecular weight excluding hydrogens is 512 g/mol. The van der Waals surface area contributed by atoms with E-state index in [1.165, 1.54) is 12.1 Å². The van der Waals surface area contributed by atoms with Crippen molar-refractivity contribution in [2.24, 2.45) is 0 Å². The molecule has 0 saturated carbocycles.